The number of hydrogen-bond acceptors (Lipinski definition) is 3. The summed E-state index contributed by atoms with van der Waals surface area (Å²) in [7, 11) is 1.32. The number of nitrogens with zero attached hydrogens (tertiary/aromatic N) is 1. The Kier molecular flexibility index (Phi) is 5.29. The largest absolute Gasteiger partial charge is 0.453 e. The second-order valence-electron chi connectivity index (χ2n) is 8.40. The van der Waals surface area contributed by atoms with Crippen LogP contribution >= 0.6 is 0 Å². The third kappa shape index (κ3) is 3.70. The zero-order valence-electron chi connectivity index (χ0n) is 17.8. The molecule has 3 aromatic carbocycles. The van der Waals surface area contributed by atoms with Crippen LogP contribution in [0.25, 0.3) is 0 Å². The standard InChI is InChI=1S/C26H24F2N2O2/c1-32-26(31)29-20-14-23-21(16-4-2-6-18(27)12-16)8-10-30-11-9-22(24(15-20)25(23)30)17-5-3-7-19(28)13-17/h2-7,12-15,21-22H,8-11H2,1H3,(H,29,31). The van der Waals surface area contributed by atoms with Gasteiger partial charge in [-0.05, 0) is 71.5 Å². The molecule has 1 amide bonds. The minimum Gasteiger partial charge on any atom is -0.453 e. The minimum atomic E-state index is -0.551. The Hall–Kier alpha value is -3.41. The predicted molar refractivity (Wildman–Crippen MR) is 120 cm³/mol. The molecule has 0 fully saturated rings. The number of benzene rings is 3. The predicted octanol–water partition coefficient (Wildman–Crippen LogP) is 6.02. The van der Waals surface area contributed by atoms with E-state index >= 15 is 0 Å². The lowest BCUT2D eigenvalue weighted by molar-refractivity contribution is 0.187. The zero-order valence-corrected chi connectivity index (χ0v) is 17.8. The van der Waals surface area contributed by atoms with E-state index in [1.54, 1.807) is 24.3 Å². The van der Waals surface area contributed by atoms with Gasteiger partial charge in [0.15, 0.2) is 0 Å². The van der Waals surface area contributed by atoms with Crippen LogP contribution in [0.5, 0.6) is 0 Å². The molecule has 1 N–H and O–H groups in total. The summed E-state index contributed by atoms with van der Waals surface area (Å²) < 4.78 is 32.9. The van der Waals surface area contributed by atoms with Crippen molar-refractivity contribution in [2.45, 2.75) is 24.7 Å². The molecule has 2 heterocycles. The normalized spacial score (nSPS) is 19.3. The molecule has 2 aliphatic rings. The Morgan fingerprint density at radius 2 is 1.44 bits per heavy atom. The van der Waals surface area contributed by atoms with Crippen molar-refractivity contribution in [2.75, 3.05) is 30.4 Å². The van der Waals surface area contributed by atoms with Crippen molar-refractivity contribution in [1.82, 2.24) is 0 Å². The number of carbonyl (C=O) groups excluding carboxylic acids is 1. The van der Waals surface area contributed by atoms with Gasteiger partial charge in [-0.3, -0.25) is 5.32 Å². The van der Waals surface area contributed by atoms with Crippen LogP contribution in [0.3, 0.4) is 0 Å². The third-order valence-electron chi connectivity index (χ3n) is 6.55. The van der Waals surface area contributed by atoms with Gasteiger partial charge in [-0.1, -0.05) is 24.3 Å². The Labute approximate surface area is 185 Å². The number of carbonyl (C=O) groups is 1. The van der Waals surface area contributed by atoms with Gasteiger partial charge in [0.05, 0.1) is 7.11 Å². The quantitative estimate of drug-likeness (QED) is 0.548. The molecule has 0 aromatic heterocycles. The van der Waals surface area contributed by atoms with Crippen LogP contribution in [0.1, 0.15) is 46.9 Å². The van der Waals surface area contributed by atoms with E-state index in [0.29, 0.717) is 5.69 Å². The Morgan fingerprint density at radius 3 is 1.91 bits per heavy atom. The highest BCUT2D eigenvalue weighted by Crippen LogP contribution is 2.49. The summed E-state index contributed by atoms with van der Waals surface area (Å²) in [4.78, 5) is 14.3. The number of methoxy groups -OCH3 is 1. The van der Waals surface area contributed by atoms with Gasteiger partial charge in [-0.15, -0.1) is 0 Å². The van der Waals surface area contributed by atoms with E-state index in [0.717, 1.165) is 53.9 Å². The highest BCUT2D eigenvalue weighted by Gasteiger charge is 2.35. The number of hydrogen-bond donors (Lipinski definition) is 1. The fourth-order valence-corrected chi connectivity index (χ4v) is 5.17. The lowest BCUT2D eigenvalue weighted by Gasteiger charge is -2.43. The topological polar surface area (TPSA) is 41.6 Å². The summed E-state index contributed by atoms with van der Waals surface area (Å²) in [6.45, 7) is 1.72. The summed E-state index contributed by atoms with van der Waals surface area (Å²) in [5, 5.41) is 2.79. The monoisotopic (exact) mass is 434 g/mol. The van der Waals surface area contributed by atoms with Crippen LogP contribution < -0.4 is 10.2 Å². The highest BCUT2D eigenvalue weighted by atomic mass is 19.1. The number of amides is 1. The molecular formula is C26H24F2N2O2. The lowest BCUT2D eigenvalue weighted by atomic mass is 9.76. The van der Waals surface area contributed by atoms with E-state index in [4.69, 9.17) is 4.74 Å². The third-order valence-corrected chi connectivity index (χ3v) is 6.55. The van der Waals surface area contributed by atoms with E-state index in [9.17, 15) is 13.6 Å². The number of anilines is 2. The number of rotatable bonds is 3. The highest BCUT2D eigenvalue weighted by molar-refractivity contribution is 5.86. The molecular weight excluding hydrogens is 410 g/mol. The summed E-state index contributed by atoms with van der Waals surface area (Å²) >= 11 is 0. The molecule has 32 heavy (non-hydrogen) atoms. The van der Waals surface area contributed by atoms with Crippen LogP contribution in [-0.4, -0.2) is 26.3 Å². The maximum atomic E-state index is 14.0. The van der Waals surface area contributed by atoms with Crippen molar-refractivity contribution >= 4 is 17.5 Å². The first kappa shape index (κ1) is 20.5. The first-order valence-electron chi connectivity index (χ1n) is 10.8. The molecule has 4 nitrogen and oxygen atoms in total. The average molecular weight is 434 g/mol. The molecule has 0 saturated carbocycles. The first-order valence-corrected chi connectivity index (χ1v) is 10.8. The maximum Gasteiger partial charge on any atom is 0.411 e. The number of ether oxygens (including phenoxy) is 1. The molecule has 3 aromatic rings. The lowest BCUT2D eigenvalue weighted by Crippen LogP contribution is -2.37. The fraction of sp³-hybridized carbons (Fsp3) is 0.269. The van der Waals surface area contributed by atoms with Crippen LogP contribution in [-0.2, 0) is 4.74 Å². The molecule has 2 atom stereocenters. The van der Waals surface area contributed by atoms with Crippen LogP contribution in [0.2, 0.25) is 0 Å². The molecule has 6 heteroatoms. The van der Waals surface area contributed by atoms with Gasteiger partial charge in [0.1, 0.15) is 11.6 Å². The zero-order chi connectivity index (χ0) is 22.2. The number of halogens is 2. The van der Waals surface area contributed by atoms with E-state index < -0.39 is 6.09 Å². The summed E-state index contributed by atoms with van der Waals surface area (Å²) in [5.41, 5.74) is 5.65. The second-order valence-corrected chi connectivity index (χ2v) is 8.40. The summed E-state index contributed by atoms with van der Waals surface area (Å²) in [6.07, 6.45) is 1.15. The first-order chi connectivity index (χ1) is 15.5. The molecule has 0 bridgehead atoms. The van der Waals surface area contributed by atoms with Crippen LogP contribution in [0.15, 0.2) is 60.7 Å². The van der Waals surface area contributed by atoms with E-state index in [1.807, 2.05) is 24.3 Å². The minimum absolute atomic E-state index is 0.00126. The Balaban J connectivity index is 1.68. The SMILES string of the molecule is COC(=O)Nc1cc2c3c(c1)C(c1cccc(F)c1)CCN3CCC2c1cccc(F)c1. The molecule has 0 aliphatic carbocycles. The van der Waals surface area contributed by atoms with Gasteiger partial charge >= 0.3 is 6.09 Å². The molecule has 0 saturated heterocycles. The van der Waals surface area contributed by atoms with E-state index in [-0.39, 0.29) is 23.5 Å². The summed E-state index contributed by atoms with van der Waals surface area (Å²) in [6, 6.07) is 17.3. The van der Waals surface area contributed by atoms with Crippen molar-refractivity contribution in [3.63, 3.8) is 0 Å². The van der Waals surface area contributed by atoms with Gasteiger partial charge in [-0.25, -0.2) is 13.6 Å². The fourth-order valence-electron chi connectivity index (χ4n) is 5.17. The van der Waals surface area contributed by atoms with Crippen LogP contribution in [0.4, 0.5) is 25.0 Å². The van der Waals surface area contributed by atoms with Crippen molar-refractivity contribution in [1.29, 1.82) is 0 Å². The van der Waals surface area contributed by atoms with Gasteiger partial charge in [0.2, 0.25) is 0 Å². The average Bonchev–Trinajstić information content (AvgIpc) is 2.79. The smallest absolute Gasteiger partial charge is 0.411 e. The molecule has 0 radical (unpaired) electrons. The van der Waals surface area contributed by atoms with Gasteiger partial charge in [0, 0.05) is 36.3 Å². The van der Waals surface area contributed by atoms with Crippen LogP contribution in [0, 0.1) is 11.6 Å². The van der Waals surface area contributed by atoms with Gasteiger partial charge in [0.25, 0.3) is 0 Å². The maximum absolute atomic E-state index is 14.0. The molecule has 2 unspecified atom stereocenters. The van der Waals surface area contributed by atoms with Crippen molar-refractivity contribution < 1.29 is 18.3 Å². The molecule has 2 aliphatic heterocycles. The van der Waals surface area contributed by atoms with Crippen molar-refractivity contribution in [3.05, 3.63) is 94.6 Å². The van der Waals surface area contributed by atoms with E-state index in [1.165, 1.54) is 19.2 Å². The second kappa shape index (κ2) is 8.26. The van der Waals surface area contributed by atoms with Crippen molar-refractivity contribution in [3.8, 4) is 0 Å². The Bertz CT molecular complexity index is 1100. The molecule has 5 rings (SSSR count). The number of nitrogens with one attached hydrogen (secondary N) is 1. The summed E-state index contributed by atoms with van der Waals surface area (Å²) in [5.74, 6) is -0.525. The van der Waals surface area contributed by atoms with Crippen molar-refractivity contribution in [2.24, 2.45) is 0 Å². The molecule has 0 spiro atoms. The Morgan fingerprint density at radius 1 is 0.906 bits per heavy atom. The van der Waals surface area contributed by atoms with Gasteiger partial charge < -0.3 is 9.64 Å². The van der Waals surface area contributed by atoms with E-state index in [2.05, 4.69) is 10.2 Å². The van der Waals surface area contributed by atoms with Gasteiger partial charge in [-0.2, -0.15) is 0 Å². The molecule has 164 valence electrons.